The molecule has 5 heteroatoms. The largest absolute Gasteiger partial charge is 0.356 e. The highest BCUT2D eigenvalue weighted by atomic mass is 127. The maximum Gasteiger partial charge on any atom is 0.190 e. The Balaban J connectivity index is 0.00000288. The van der Waals surface area contributed by atoms with E-state index in [-0.39, 0.29) is 24.0 Å². The first-order valence-corrected chi connectivity index (χ1v) is 8.98. The summed E-state index contributed by atoms with van der Waals surface area (Å²) < 4.78 is 0. The van der Waals surface area contributed by atoms with Gasteiger partial charge in [0.25, 0.3) is 0 Å². The van der Waals surface area contributed by atoms with Crippen molar-refractivity contribution in [3.63, 3.8) is 0 Å². The van der Waals surface area contributed by atoms with E-state index < -0.39 is 0 Å². The van der Waals surface area contributed by atoms with E-state index in [0.717, 1.165) is 25.5 Å². The minimum Gasteiger partial charge on any atom is -0.356 e. The van der Waals surface area contributed by atoms with E-state index in [0.29, 0.717) is 5.92 Å². The first-order valence-electron chi connectivity index (χ1n) is 8.98. The molecule has 24 heavy (non-hydrogen) atoms. The van der Waals surface area contributed by atoms with Crippen molar-refractivity contribution in [2.24, 2.45) is 10.9 Å². The summed E-state index contributed by atoms with van der Waals surface area (Å²) in [5, 5.41) is 6.86. The van der Waals surface area contributed by atoms with Gasteiger partial charge in [-0.05, 0) is 43.8 Å². The molecule has 0 aliphatic carbocycles. The average molecular weight is 444 g/mol. The van der Waals surface area contributed by atoms with Crippen LogP contribution in [-0.2, 0) is 6.42 Å². The molecule has 0 amide bonds. The van der Waals surface area contributed by atoms with E-state index in [9.17, 15) is 0 Å². The van der Waals surface area contributed by atoms with Crippen molar-refractivity contribution in [1.29, 1.82) is 0 Å². The highest BCUT2D eigenvalue weighted by Gasteiger charge is 2.13. The van der Waals surface area contributed by atoms with Crippen LogP contribution in [0.15, 0.2) is 35.3 Å². The summed E-state index contributed by atoms with van der Waals surface area (Å²) >= 11 is 0. The molecule has 1 aliphatic rings. The number of rotatable bonds is 7. The third-order valence-electron chi connectivity index (χ3n) is 4.41. The Morgan fingerprint density at radius 2 is 1.83 bits per heavy atom. The maximum absolute atomic E-state index is 4.32. The Labute approximate surface area is 164 Å². The van der Waals surface area contributed by atoms with E-state index in [1.54, 1.807) is 0 Å². The minimum atomic E-state index is 0. The number of hydrogen-bond donors (Lipinski definition) is 2. The lowest BCUT2D eigenvalue weighted by atomic mass is 10.1. The van der Waals surface area contributed by atoms with Crippen LogP contribution in [0.3, 0.4) is 0 Å². The predicted molar refractivity (Wildman–Crippen MR) is 114 cm³/mol. The number of hydrogen-bond acceptors (Lipinski definition) is 2. The number of aliphatic imine (C=N–C) groups is 1. The molecule has 0 bridgehead atoms. The number of likely N-dealkylation sites (tertiary alicyclic amines) is 1. The number of piperidine rings is 1. The lowest BCUT2D eigenvalue weighted by molar-refractivity contribution is 0.201. The molecule has 2 rings (SSSR count). The number of benzene rings is 1. The molecule has 1 saturated heterocycles. The first-order chi connectivity index (χ1) is 11.3. The Hall–Kier alpha value is -0.820. The van der Waals surface area contributed by atoms with E-state index in [1.807, 2.05) is 7.05 Å². The average Bonchev–Trinajstić information content (AvgIpc) is 2.59. The SMILES string of the molecule is CN=C(NCCc1ccccc1)NCC(C)CN1CCCCC1.I. The molecule has 1 aromatic rings. The van der Waals surface area contributed by atoms with Gasteiger partial charge < -0.3 is 15.5 Å². The highest BCUT2D eigenvalue weighted by molar-refractivity contribution is 14.0. The summed E-state index contributed by atoms with van der Waals surface area (Å²) in [6, 6.07) is 10.6. The van der Waals surface area contributed by atoms with E-state index in [1.165, 1.54) is 44.5 Å². The van der Waals surface area contributed by atoms with Crippen molar-refractivity contribution in [3.8, 4) is 0 Å². The van der Waals surface area contributed by atoms with Crippen LogP contribution < -0.4 is 10.6 Å². The Bertz CT molecular complexity index is 458. The van der Waals surface area contributed by atoms with Gasteiger partial charge in [0.2, 0.25) is 0 Å². The van der Waals surface area contributed by atoms with Gasteiger partial charge in [0.1, 0.15) is 0 Å². The fourth-order valence-corrected chi connectivity index (χ4v) is 3.11. The summed E-state index contributed by atoms with van der Waals surface area (Å²) in [6.07, 6.45) is 5.15. The molecule has 2 N–H and O–H groups in total. The molecule has 1 aromatic carbocycles. The zero-order valence-corrected chi connectivity index (χ0v) is 17.5. The normalized spacial score (nSPS) is 17.0. The molecule has 0 aromatic heterocycles. The zero-order valence-electron chi connectivity index (χ0n) is 15.1. The lowest BCUT2D eigenvalue weighted by Crippen LogP contribution is -2.42. The van der Waals surface area contributed by atoms with Gasteiger partial charge in [-0.25, -0.2) is 0 Å². The van der Waals surface area contributed by atoms with Crippen LogP contribution >= 0.6 is 24.0 Å². The summed E-state index contributed by atoms with van der Waals surface area (Å²) in [5.74, 6) is 1.55. The van der Waals surface area contributed by atoms with Crippen molar-refractivity contribution in [2.45, 2.75) is 32.6 Å². The highest BCUT2D eigenvalue weighted by Crippen LogP contribution is 2.10. The zero-order chi connectivity index (χ0) is 16.3. The van der Waals surface area contributed by atoms with Crippen LogP contribution in [0.4, 0.5) is 0 Å². The van der Waals surface area contributed by atoms with Gasteiger partial charge in [-0.1, -0.05) is 43.7 Å². The predicted octanol–water partition coefficient (Wildman–Crippen LogP) is 3.13. The number of nitrogens with zero attached hydrogens (tertiary/aromatic N) is 2. The van der Waals surface area contributed by atoms with Gasteiger partial charge in [-0.15, -0.1) is 24.0 Å². The third kappa shape index (κ3) is 8.33. The molecule has 136 valence electrons. The fourth-order valence-electron chi connectivity index (χ4n) is 3.11. The molecule has 4 nitrogen and oxygen atoms in total. The minimum absolute atomic E-state index is 0. The molecular weight excluding hydrogens is 411 g/mol. The quantitative estimate of drug-likeness (QED) is 0.386. The molecule has 1 heterocycles. The molecule has 0 radical (unpaired) electrons. The smallest absolute Gasteiger partial charge is 0.190 e. The second kappa shape index (κ2) is 12.5. The van der Waals surface area contributed by atoms with Gasteiger partial charge in [-0.3, -0.25) is 4.99 Å². The number of guanidine groups is 1. The first kappa shape index (κ1) is 21.2. The van der Waals surface area contributed by atoms with E-state index in [2.05, 4.69) is 57.8 Å². The topological polar surface area (TPSA) is 39.7 Å². The van der Waals surface area contributed by atoms with Crippen LogP contribution in [0.5, 0.6) is 0 Å². The van der Waals surface area contributed by atoms with Crippen LogP contribution in [-0.4, -0.2) is 50.6 Å². The van der Waals surface area contributed by atoms with Crippen molar-refractivity contribution in [1.82, 2.24) is 15.5 Å². The van der Waals surface area contributed by atoms with Gasteiger partial charge in [0.15, 0.2) is 5.96 Å². The summed E-state index contributed by atoms with van der Waals surface area (Å²) in [7, 11) is 1.84. The molecule has 1 aliphatic heterocycles. The summed E-state index contributed by atoms with van der Waals surface area (Å²) in [6.45, 7) is 7.93. The van der Waals surface area contributed by atoms with Crippen molar-refractivity contribution >= 4 is 29.9 Å². The second-order valence-corrected chi connectivity index (χ2v) is 6.58. The molecule has 0 spiro atoms. The second-order valence-electron chi connectivity index (χ2n) is 6.58. The van der Waals surface area contributed by atoms with Crippen molar-refractivity contribution in [2.75, 3.05) is 39.8 Å². The van der Waals surface area contributed by atoms with Crippen LogP contribution in [0, 0.1) is 5.92 Å². The maximum atomic E-state index is 4.32. The van der Waals surface area contributed by atoms with Gasteiger partial charge >= 0.3 is 0 Å². The fraction of sp³-hybridized carbons (Fsp3) is 0.632. The lowest BCUT2D eigenvalue weighted by Gasteiger charge is -2.29. The van der Waals surface area contributed by atoms with Crippen LogP contribution in [0.1, 0.15) is 31.7 Å². The standard InChI is InChI=1S/C19H32N4.HI/c1-17(16-23-13-7-4-8-14-23)15-22-19(20-2)21-12-11-18-9-5-3-6-10-18;/h3,5-6,9-10,17H,4,7-8,11-16H2,1-2H3,(H2,20,21,22);1H. The van der Waals surface area contributed by atoms with Crippen LogP contribution in [0.2, 0.25) is 0 Å². The summed E-state index contributed by atoms with van der Waals surface area (Å²) in [4.78, 5) is 6.92. The Morgan fingerprint density at radius 1 is 1.12 bits per heavy atom. The van der Waals surface area contributed by atoms with Crippen molar-refractivity contribution in [3.05, 3.63) is 35.9 Å². The van der Waals surface area contributed by atoms with E-state index >= 15 is 0 Å². The molecule has 1 atom stereocenters. The molecule has 1 fully saturated rings. The van der Waals surface area contributed by atoms with Gasteiger partial charge in [-0.2, -0.15) is 0 Å². The Morgan fingerprint density at radius 3 is 2.50 bits per heavy atom. The van der Waals surface area contributed by atoms with Crippen molar-refractivity contribution < 1.29 is 0 Å². The summed E-state index contributed by atoms with van der Waals surface area (Å²) in [5.41, 5.74) is 1.36. The monoisotopic (exact) mass is 444 g/mol. The molecule has 0 saturated carbocycles. The van der Waals surface area contributed by atoms with Gasteiger partial charge in [0, 0.05) is 26.7 Å². The Kier molecular flexibility index (Phi) is 11.1. The number of halogens is 1. The number of nitrogens with one attached hydrogen (secondary N) is 2. The van der Waals surface area contributed by atoms with E-state index in [4.69, 9.17) is 0 Å². The molecule has 1 unspecified atom stereocenters. The van der Waals surface area contributed by atoms with Crippen LogP contribution in [0.25, 0.3) is 0 Å². The molecular formula is C19H33IN4. The van der Waals surface area contributed by atoms with Gasteiger partial charge in [0.05, 0.1) is 0 Å². The third-order valence-corrected chi connectivity index (χ3v) is 4.41.